The Hall–Kier alpha value is -1.69. The minimum Gasteiger partial charge on any atom is -0.497 e. The summed E-state index contributed by atoms with van der Waals surface area (Å²) in [6.45, 7) is 0. The van der Waals surface area contributed by atoms with Crippen molar-refractivity contribution in [2.24, 2.45) is 5.84 Å². The minimum atomic E-state index is -0.848. The Balaban J connectivity index is 2.50. The van der Waals surface area contributed by atoms with E-state index in [9.17, 15) is 8.78 Å². The molecule has 3 nitrogen and oxygen atoms in total. The summed E-state index contributed by atoms with van der Waals surface area (Å²) in [5.74, 6) is 4.63. The smallest absolute Gasteiger partial charge is 0.146 e. The van der Waals surface area contributed by atoms with Gasteiger partial charge in [-0.3, -0.25) is 5.84 Å². The molecule has 0 saturated heterocycles. The van der Waals surface area contributed by atoms with E-state index in [1.807, 2.05) is 0 Å². The molecule has 0 amide bonds. The minimum absolute atomic E-state index is 0.0448. The van der Waals surface area contributed by atoms with Crippen LogP contribution in [0.4, 0.5) is 8.78 Å². The second-order valence-corrected chi connectivity index (χ2v) is 4.54. The third-order valence-electron chi connectivity index (χ3n) is 2.98. The molecule has 0 spiro atoms. The SMILES string of the molecule is COc1ccc(C(NN)c2cccc(Cl)c2F)c(F)c1. The van der Waals surface area contributed by atoms with Crippen molar-refractivity contribution in [3.05, 3.63) is 64.2 Å². The predicted molar refractivity (Wildman–Crippen MR) is 73.5 cm³/mol. The first-order valence-corrected chi connectivity index (χ1v) is 6.19. The van der Waals surface area contributed by atoms with Crippen molar-refractivity contribution in [2.75, 3.05) is 7.11 Å². The van der Waals surface area contributed by atoms with Gasteiger partial charge in [-0.05, 0) is 12.1 Å². The quantitative estimate of drug-likeness (QED) is 0.673. The second kappa shape index (κ2) is 6.17. The summed E-state index contributed by atoms with van der Waals surface area (Å²) in [6.07, 6.45) is 0. The molecule has 3 N–H and O–H groups in total. The van der Waals surface area contributed by atoms with Crippen LogP contribution in [0.15, 0.2) is 36.4 Å². The van der Waals surface area contributed by atoms with E-state index in [0.29, 0.717) is 5.75 Å². The highest BCUT2D eigenvalue weighted by Gasteiger charge is 2.21. The van der Waals surface area contributed by atoms with Crippen LogP contribution in [0.25, 0.3) is 0 Å². The molecule has 1 unspecified atom stereocenters. The molecule has 6 heteroatoms. The highest BCUT2D eigenvalue weighted by molar-refractivity contribution is 6.30. The molecular weight excluding hydrogens is 286 g/mol. The molecular formula is C14H13ClF2N2O. The van der Waals surface area contributed by atoms with Gasteiger partial charge < -0.3 is 4.74 Å². The first-order valence-electron chi connectivity index (χ1n) is 5.82. The molecule has 0 saturated carbocycles. The summed E-state index contributed by atoms with van der Waals surface area (Å²) in [5.41, 5.74) is 2.78. The molecule has 0 bridgehead atoms. The van der Waals surface area contributed by atoms with E-state index in [-0.39, 0.29) is 16.1 Å². The van der Waals surface area contributed by atoms with Crippen LogP contribution in [0.1, 0.15) is 17.2 Å². The van der Waals surface area contributed by atoms with Crippen LogP contribution >= 0.6 is 11.6 Å². The van der Waals surface area contributed by atoms with Gasteiger partial charge in [0.05, 0.1) is 18.2 Å². The van der Waals surface area contributed by atoms with Gasteiger partial charge in [0.25, 0.3) is 0 Å². The zero-order chi connectivity index (χ0) is 14.7. The van der Waals surface area contributed by atoms with Crippen molar-refractivity contribution >= 4 is 11.6 Å². The van der Waals surface area contributed by atoms with Gasteiger partial charge in [-0.25, -0.2) is 14.2 Å². The second-order valence-electron chi connectivity index (χ2n) is 4.13. The largest absolute Gasteiger partial charge is 0.497 e. The summed E-state index contributed by atoms with van der Waals surface area (Å²) in [6, 6.07) is 7.91. The Kier molecular flexibility index (Phi) is 4.54. The number of hydrogen-bond donors (Lipinski definition) is 2. The molecule has 1 atom stereocenters. The van der Waals surface area contributed by atoms with E-state index < -0.39 is 17.7 Å². The Morgan fingerprint density at radius 1 is 1.20 bits per heavy atom. The van der Waals surface area contributed by atoms with Crippen molar-refractivity contribution in [1.82, 2.24) is 5.43 Å². The monoisotopic (exact) mass is 298 g/mol. The van der Waals surface area contributed by atoms with Crippen LogP contribution in [0.2, 0.25) is 5.02 Å². The van der Waals surface area contributed by atoms with Gasteiger partial charge in [0, 0.05) is 17.2 Å². The fourth-order valence-corrected chi connectivity index (χ4v) is 2.14. The van der Waals surface area contributed by atoms with Crippen LogP contribution < -0.4 is 16.0 Å². The van der Waals surface area contributed by atoms with Gasteiger partial charge in [0.2, 0.25) is 0 Å². The molecule has 2 aromatic rings. The van der Waals surface area contributed by atoms with E-state index in [2.05, 4.69) is 5.43 Å². The van der Waals surface area contributed by atoms with E-state index >= 15 is 0 Å². The summed E-state index contributed by atoms with van der Waals surface area (Å²) in [4.78, 5) is 0. The molecule has 2 aromatic carbocycles. The number of nitrogens with one attached hydrogen (secondary N) is 1. The maximum atomic E-state index is 14.1. The van der Waals surface area contributed by atoms with Gasteiger partial charge in [-0.15, -0.1) is 0 Å². The average molecular weight is 299 g/mol. The topological polar surface area (TPSA) is 47.3 Å². The highest BCUT2D eigenvalue weighted by Crippen LogP contribution is 2.30. The Morgan fingerprint density at radius 2 is 1.95 bits per heavy atom. The molecule has 0 radical (unpaired) electrons. The van der Waals surface area contributed by atoms with E-state index in [0.717, 1.165) is 0 Å². The number of benzene rings is 2. The van der Waals surface area contributed by atoms with Crippen LogP contribution in [0.3, 0.4) is 0 Å². The zero-order valence-electron chi connectivity index (χ0n) is 10.7. The fourth-order valence-electron chi connectivity index (χ4n) is 1.96. The lowest BCUT2D eigenvalue weighted by Gasteiger charge is -2.19. The molecule has 0 aliphatic rings. The van der Waals surface area contributed by atoms with Gasteiger partial charge in [0.15, 0.2) is 0 Å². The lowest BCUT2D eigenvalue weighted by Crippen LogP contribution is -2.30. The highest BCUT2D eigenvalue weighted by atomic mass is 35.5. The Morgan fingerprint density at radius 3 is 2.55 bits per heavy atom. The number of nitrogens with two attached hydrogens (primary N) is 1. The number of hydrazine groups is 1. The third-order valence-corrected chi connectivity index (χ3v) is 3.27. The maximum Gasteiger partial charge on any atom is 0.146 e. The standard InChI is InChI=1S/C14H13ClF2N2O/c1-20-8-5-6-9(12(16)7-8)14(19-18)10-3-2-4-11(15)13(10)17/h2-7,14,19H,18H2,1H3. The number of halogens is 3. The molecule has 20 heavy (non-hydrogen) atoms. The molecule has 0 aromatic heterocycles. The predicted octanol–water partition coefficient (Wildman–Crippen LogP) is 3.18. The van der Waals surface area contributed by atoms with Gasteiger partial charge >= 0.3 is 0 Å². The van der Waals surface area contributed by atoms with Gasteiger partial charge in [-0.2, -0.15) is 0 Å². The molecule has 0 aliphatic heterocycles. The summed E-state index contributed by atoms with van der Waals surface area (Å²) in [7, 11) is 1.43. The average Bonchev–Trinajstić information content (AvgIpc) is 2.45. The molecule has 0 heterocycles. The Bertz CT molecular complexity index is 622. The van der Waals surface area contributed by atoms with Crippen LogP contribution in [-0.2, 0) is 0 Å². The number of methoxy groups -OCH3 is 1. The van der Waals surface area contributed by atoms with Gasteiger partial charge in [0.1, 0.15) is 17.4 Å². The van der Waals surface area contributed by atoms with Crippen LogP contribution in [-0.4, -0.2) is 7.11 Å². The number of hydrogen-bond acceptors (Lipinski definition) is 3. The Labute approximate surface area is 120 Å². The van der Waals surface area contributed by atoms with Crippen LogP contribution in [0.5, 0.6) is 5.75 Å². The van der Waals surface area contributed by atoms with E-state index in [1.165, 1.54) is 31.4 Å². The number of ether oxygens (including phenoxy) is 1. The lowest BCUT2D eigenvalue weighted by molar-refractivity contribution is 0.410. The van der Waals surface area contributed by atoms with Crippen molar-refractivity contribution in [1.29, 1.82) is 0 Å². The first-order chi connectivity index (χ1) is 9.58. The van der Waals surface area contributed by atoms with Crippen molar-refractivity contribution in [2.45, 2.75) is 6.04 Å². The third kappa shape index (κ3) is 2.75. The van der Waals surface area contributed by atoms with Crippen molar-refractivity contribution in [3.8, 4) is 5.75 Å². The molecule has 0 fully saturated rings. The van der Waals surface area contributed by atoms with Crippen molar-refractivity contribution in [3.63, 3.8) is 0 Å². The van der Waals surface area contributed by atoms with E-state index in [4.69, 9.17) is 22.2 Å². The summed E-state index contributed by atoms with van der Waals surface area (Å²) in [5, 5.41) is -0.0448. The summed E-state index contributed by atoms with van der Waals surface area (Å²) >= 11 is 5.73. The first kappa shape index (κ1) is 14.7. The fraction of sp³-hybridized carbons (Fsp3) is 0.143. The molecule has 2 rings (SSSR count). The van der Waals surface area contributed by atoms with E-state index in [1.54, 1.807) is 12.1 Å². The van der Waals surface area contributed by atoms with Crippen LogP contribution in [0, 0.1) is 11.6 Å². The number of rotatable bonds is 4. The normalized spacial score (nSPS) is 12.2. The maximum absolute atomic E-state index is 14.1. The lowest BCUT2D eigenvalue weighted by atomic mass is 9.98. The van der Waals surface area contributed by atoms with Crippen molar-refractivity contribution < 1.29 is 13.5 Å². The van der Waals surface area contributed by atoms with Gasteiger partial charge in [-0.1, -0.05) is 29.8 Å². The molecule has 0 aliphatic carbocycles. The summed E-state index contributed by atoms with van der Waals surface area (Å²) < 4.78 is 33.0. The molecule has 106 valence electrons. The zero-order valence-corrected chi connectivity index (χ0v) is 11.4.